The Kier molecular flexibility index (Phi) is 5.21. The lowest BCUT2D eigenvalue weighted by Crippen LogP contribution is -2.36. The van der Waals surface area contributed by atoms with E-state index < -0.39 is 30.0 Å². The molecule has 148 valence electrons. The Morgan fingerprint density at radius 3 is 2.59 bits per heavy atom. The number of hydrogen-bond donors (Lipinski definition) is 1. The van der Waals surface area contributed by atoms with E-state index in [4.69, 9.17) is 4.74 Å². The summed E-state index contributed by atoms with van der Waals surface area (Å²) >= 11 is 0. The number of pyridine rings is 1. The van der Waals surface area contributed by atoms with E-state index in [9.17, 15) is 18.0 Å². The number of aromatic nitrogens is 2. The minimum Gasteiger partial charge on any atom is -0.444 e. The molecule has 1 fully saturated rings. The quantitative estimate of drug-likeness (QED) is 0.857. The molecule has 9 heteroatoms. The highest BCUT2D eigenvalue weighted by Gasteiger charge is 2.28. The zero-order chi connectivity index (χ0) is 19.8. The van der Waals surface area contributed by atoms with Gasteiger partial charge in [0, 0.05) is 25.2 Å². The predicted molar refractivity (Wildman–Crippen MR) is 95.9 cm³/mol. The summed E-state index contributed by atoms with van der Waals surface area (Å²) in [5, 5.41) is 2.59. The maximum Gasteiger partial charge on any atom is 0.412 e. The van der Waals surface area contributed by atoms with E-state index in [1.807, 2.05) is 4.90 Å². The molecule has 0 atom stereocenters. The third kappa shape index (κ3) is 4.45. The fourth-order valence-electron chi connectivity index (χ4n) is 3.16. The molecule has 0 unspecified atom stereocenters. The van der Waals surface area contributed by atoms with Crippen LogP contribution in [0.15, 0.2) is 18.5 Å². The molecule has 27 heavy (non-hydrogen) atoms. The molecule has 2 aromatic heterocycles. The van der Waals surface area contributed by atoms with Crippen molar-refractivity contribution < 1.29 is 22.7 Å². The minimum atomic E-state index is -2.34. The smallest absolute Gasteiger partial charge is 0.412 e. The van der Waals surface area contributed by atoms with Crippen molar-refractivity contribution in [2.75, 3.05) is 23.3 Å². The number of carbonyl (C=O) groups is 1. The first-order chi connectivity index (χ1) is 12.6. The van der Waals surface area contributed by atoms with Crippen molar-refractivity contribution in [2.45, 2.75) is 45.6 Å². The van der Waals surface area contributed by atoms with Crippen LogP contribution in [0.4, 0.5) is 29.3 Å². The molecule has 1 aliphatic rings. The number of anilines is 2. The van der Waals surface area contributed by atoms with E-state index in [0.717, 1.165) is 6.20 Å². The Bertz CT molecular complexity index is 824. The third-order valence-electron chi connectivity index (χ3n) is 4.42. The molecule has 0 saturated carbocycles. The maximum absolute atomic E-state index is 14.1. The summed E-state index contributed by atoms with van der Waals surface area (Å²) in [6, 6.07) is 1.66. The highest BCUT2D eigenvalue weighted by atomic mass is 19.3. The van der Waals surface area contributed by atoms with Crippen LogP contribution in [0, 0.1) is 11.9 Å². The van der Waals surface area contributed by atoms with Gasteiger partial charge in [-0.25, -0.2) is 18.6 Å². The second kappa shape index (κ2) is 7.28. The summed E-state index contributed by atoms with van der Waals surface area (Å²) in [5.41, 5.74) is 0.617. The number of carbonyl (C=O) groups excluding carboxylic acids is 1. The summed E-state index contributed by atoms with van der Waals surface area (Å²) in [5.74, 6) is -1.21. The van der Waals surface area contributed by atoms with E-state index in [1.54, 1.807) is 26.8 Å². The molecular weight excluding hydrogens is 361 g/mol. The van der Waals surface area contributed by atoms with Crippen LogP contribution in [-0.4, -0.2) is 40.6 Å². The molecule has 6 nitrogen and oxygen atoms in total. The van der Waals surface area contributed by atoms with Crippen LogP contribution in [-0.2, 0) is 4.74 Å². The molecule has 0 bridgehead atoms. The fraction of sp³-hybridized carbons (Fsp3) is 0.556. The van der Waals surface area contributed by atoms with Gasteiger partial charge in [-0.1, -0.05) is 0 Å². The van der Waals surface area contributed by atoms with Crippen molar-refractivity contribution in [1.82, 2.24) is 9.38 Å². The van der Waals surface area contributed by atoms with E-state index in [0.29, 0.717) is 43.0 Å². The summed E-state index contributed by atoms with van der Waals surface area (Å²) < 4.78 is 46.3. The van der Waals surface area contributed by atoms with Crippen molar-refractivity contribution in [3.63, 3.8) is 0 Å². The molecule has 2 aromatic rings. The lowest BCUT2D eigenvalue weighted by molar-refractivity contribution is 0.0628. The molecule has 1 amide bonds. The number of halogens is 3. The van der Waals surface area contributed by atoms with Gasteiger partial charge in [0.05, 0.1) is 17.6 Å². The van der Waals surface area contributed by atoms with Crippen molar-refractivity contribution in [1.29, 1.82) is 0 Å². The Hall–Kier alpha value is -2.45. The van der Waals surface area contributed by atoms with Gasteiger partial charge in [0.15, 0.2) is 5.65 Å². The van der Waals surface area contributed by atoms with Gasteiger partial charge in [-0.15, -0.1) is 0 Å². The van der Waals surface area contributed by atoms with E-state index >= 15 is 0 Å². The average molecular weight is 384 g/mol. The van der Waals surface area contributed by atoms with Gasteiger partial charge >= 0.3 is 6.09 Å². The van der Waals surface area contributed by atoms with Gasteiger partial charge in [0.1, 0.15) is 5.60 Å². The SMILES string of the molecule is CC(C)(C)OC(=O)Nc1cc(N2CCC(C(F)F)CC2)c2ncc(F)n2c1. The molecule has 3 rings (SSSR count). The van der Waals surface area contributed by atoms with Crippen molar-refractivity contribution in [3.8, 4) is 0 Å². The zero-order valence-electron chi connectivity index (χ0n) is 15.5. The highest BCUT2D eigenvalue weighted by Crippen LogP contribution is 2.31. The van der Waals surface area contributed by atoms with Crippen LogP contribution >= 0.6 is 0 Å². The molecule has 0 aliphatic carbocycles. The molecule has 0 radical (unpaired) electrons. The standard InChI is InChI=1S/C18H23F3N4O2/c1-18(2,3)27-17(26)23-12-8-13(16-22-9-14(19)25(16)10-12)24-6-4-11(5-7-24)15(20)21/h8-11,15H,4-7H2,1-3H3,(H,23,26). The van der Waals surface area contributed by atoms with Crippen molar-refractivity contribution in [2.24, 2.45) is 5.92 Å². The van der Waals surface area contributed by atoms with Crippen LogP contribution < -0.4 is 10.2 Å². The maximum atomic E-state index is 14.1. The number of hydrogen-bond acceptors (Lipinski definition) is 4. The topological polar surface area (TPSA) is 58.9 Å². The Morgan fingerprint density at radius 1 is 1.33 bits per heavy atom. The summed E-state index contributed by atoms with van der Waals surface area (Å²) in [6.45, 7) is 6.04. The van der Waals surface area contributed by atoms with Gasteiger partial charge in [-0.2, -0.15) is 4.39 Å². The molecule has 0 aromatic carbocycles. The second-order valence-corrected chi connectivity index (χ2v) is 7.67. The Labute approximate surface area is 155 Å². The molecule has 3 heterocycles. The number of nitrogens with one attached hydrogen (secondary N) is 1. The van der Waals surface area contributed by atoms with Crippen LogP contribution in [0.5, 0.6) is 0 Å². The third-order valence-corrected chi connectivity index (χ3v) is 4.42. The van der Waals surface area contributed by atoms with Crippen molar-refractivity contribution >= 4 is 23.1 Å². The van der Waals surface area contributed by atoms with Crippen molar-refractivity contribution in [3.05, 3.63) is 24.4 Å². The molecule has 1 N–H and O–H groups in total. The number of ether oxygens (including phenoxy) is 1. The number of imidazole rings is 1. The second-order valence-electron chi connectivity index (χ2n) is 7.67. The summed E-state index contributed by atoms with van der Waals surface area (Å²) in [6.07, 6.45) is 0.188. The van der Waals surface area contributed by atoms with Gasteiger partial charge in [-0.05, 0) is 39.7 Å². The predicted octanol–water partition coefficient (Wildman–Crippen LogP) is 4.30. The average Bonchev–Trinajstić information content (AvgIpc) is 2.94. The number of nitrogens with zero attached hydrogens (tertiary/aromatic N) is 3. The van der Waals surface area contributed by atoms with Crippen LogP contribution in [0.2, 0.25) is 0 Å². The van der Waals surface area contributed by atoms with E-state index in [2.05, 4.69) is 10.3 Å². The first kappa shape index (κ1) is 19.3. The van der Waals surface area contributed by atoms with Crippen LogP contribution in [0.3, 0.4) is 0 Å². The first-order valence-corrected chi connectivity index (χ1v) is 8.84. The molecular formula is C18H23F3N4O2. The largest absolute Gasteiger partial charge is 0.444 e. The number of fused-ring (bicyclic) bond motifs is 1. The fourth-order valence-corrected chi connectivity index (χ4v) is 3.16. The minimum absolute atomic E-state index is 0.333. The van der Waals surface area contributed by atoms with Gasteiger partial charge in [0.2, 0.25) is 12.4 Å². The monoisotopic (exact) mass is 384 g/mol. The number of amides is 1. The van der Waals surface area contributed by atoms with Gasteiger partial charge < -0.3 is 9.64 Å². The molecule has 1 aliphatic heterocycles. The number of piperidine rings is 1. The highest BCUT2D eigenvalue weighted by molar-refractivity contribution is 5.87. The van der Waals surface area contributed by atoms with Gasteiger partial charge in [0.25, 0.3) is 0 Å². The van der Waals surface area contributed by atoms with E-state index in [-0.39, 0.29) is 0 Å². The number of rotatable bonds is 3. The Morgan fingerprint density at radius 2 is 2.00 bits per heavy atom. The number of alkyl halides is 2. The molecule has 0 spiro atoms. The van der Waals surface area contributed by atoms with Crippen LogP contribution in [0.1, 0.15) is 33.6 Å². The van der Waals surface area contributed by atoms with Gasteiger partial charge in [-0.3, -0.25) is 9.72 Å². The Balaban J connectivity index is 1.87. The molecule has 1 saturated heterocycles. The lowest BCUT2D eigenvalue weighted by Gasteiger charge is -2.33. The summed E-state index contributed by atoms with van der Waals surface area (Å²) in [7, 11) is 0. The normalized spacial score (nSPS) is 16.2. The zero-order valence-corrected chi connectivity index (χ0v) is 15.5. The first-order valence-electron chi connectivity index (χ1n) is 8.84. The summed E-state index contributed by atoms with van der Waals surface area (Å²) in [4.78, 5) is 18.0. The van der Waals surface area contributed by atoms with Crippen LogP contribution in [0.25, 0.3) is 5.65 Å². The van der Waals surface area contributed by atoms with E-state index in [1.165, 1.54) is 10.6 Å². The lowest BCUT2D eigenvalue weighted by atomic mass is 9.97.